The van der Waals surface area contributed by atoms with Crippen LogP contribution in [-0.2, 0) is 6.54 Å². The number of ether oxygens (including phenoxy) is 1. The first kappa shape index (κ1) is 19.6. The van der Waals surface area contributed by atoms with Gasteiger partial charge in [0.15, 0.2) is 5.96 Å². The van der Waals surface area contributed by atoms with Crippen LogP contribution in [0.5, 0.6) is 5.75 Å². The Labute approximate surface area is 152 Å². The molecule has 0 bridgehead atoms. The van der Waals surface area contributed by atoms with Crippen molar-refractivity contribution in [3.05, 3.63) is 29.8 Å². The molecular weight excluding hydrogens is 312 g/mol. The molecule has 1 aromatic carbocycles. The molecule has 1 aliphatic heterocycles. The lowest BCUT2D eigenvalue weighted by atomic mass is 10.1. The summed E-state index contributed by atoms with van der Waals surface area (Å²) < 4.78 is 5.26. The molecule has 2 N–H and O–H groups in total. The van der Waals surface area contributed by atoms with Gasteiger partial charge in [0.1, 0.15) is 5.75 Å². The normalized spacial score (nSPS) is 15.8. The molecular formula is C20H34N4O. The number of hydrogen-bond acceptors (Lipinski definition) is 3. The van der Waals surface area contributed by atoms with Crippen molar-refractivity contribution < 1.29 is 4.74 Å². The predicted octanol–water partition coefficient (Wildman–Crippen LogP) is 3.02. The number of aliphatic imine (C=N–C) groups is 1. The first-order valence-corrected chi connectivity index (χ1v) is 9.61. The standard InChI is InChI=1S/C20H34N4O/c1-21-20(23-17-18-10-9-11-19(16-18)25-2)22-12-5-3-6-13-24-14-7-4-8-15-24/h9-11,16H,3-8,12-15,17H2,1-2H3,(H2,21,22,23). The fourth-order valence-corrected chi connectivity index (χ4v) is 3.22. The number of rotatable bonds is 9. The number of hydrogen-bond donors (Lipinski definition) is 2. The van der Waals surface area contributed by atoms with Crippen molar-refractivity contribution in [1.82, 2.24) is 15.5 Å². The summed E-state index contributed by atoms with van der Waals surface area (Å²) >= 11 is 0. The van der Waals surface area contributed by atoms with Gasteiger partial charge >= 0.3 is 0 Å². The Balaban J connectivity index is 1.55. The Morgan fingerprint density at radius 3 is 2.72 bits per heavy atom. The second-order valence-corrected chi connectivity index (χ2v) is 6.67. The van der Waals surface area contributed by atoms with Gasteiger partial charge in [-0.15, -0.1) is 0 Å². The van der Waals surface area contributed by atoms with Crippen molar-refractivity contribution in [3.8, 4) is 5.75 Å². The highest BCUT2D eigenvalue weighted by molar-refractivity contribution is 5.79. The second-order valence-electron chi connectivity index (χ2n) is 6.67. The Bertz CT molecular complexity index is 512. The van der Waals surface area contributed by atoms with Gasteiger partial charge in [0.25, 0.3) is 0 Å². The van der Waals surface area contributed by atoms with Crippen LogP contribution >= 0.6 is 0 Å². The maximum Gasteiger partial charge on any atom is 0.191 e. The third kappa shape index (κ3) is 7.78. The number of methoxy groups -OCH3 is 1. The van der Waals surface area contributed by atoms with Crippen LogP contribution in [0.2, 0.25) is 0 Å². The summed E-state index contributed by atoms with van der Waals surface area (Å²) in [5.41, 5.74) is 1.18. The van der Waals surface area contributed by atoms with E-state index in [0.717, 1.165) is 24.8 Å². The molecule has 0 radical (unpaired) electrons. The molecule has 0 spiro atoms. The minimum Gasteiger partial charge on any atom is -0.497 e. The Kier molecular flexibility index (Phi) is 9.19. The number of piperidine rings is 1. The third-order valence-electron chi connectivity index (χ3n) is 4.71. The maximum absolute atomic E-state index is 5.26. The first-order chi connectivity index (χ1) is 12.3. The number of likely N-dealkylation sites (tertiary alicyclic amines) is 1. The summed E-state index contributed by atoms with van der Waals surface area (Å²) in [5.74, 6) is 1.75. The van der Waals surface area contributed by atoms with E-state index in [0.29, 0.717) is 0 Å². The van der Waals surface area contributed by atoms with Gasteiger partial charge in [0.05, 0.1) is 7.11 Å². The van der Waals surface area contributed by atoms with Gasteiger partial charge in [-0.3, -0.25) is 4.99 Å². The minimum absolute atomic E-state index is 0.742. The summed E-state index contributed by atoms with van der Waals surface area (Å²) in [6.07, 6.45) is 7.96. The van der Waals surface area contributed by atoms with Crippen molar-refractivity contribution in [2.45, 2.75) is 45.1 Å². The molecule has 0 saturated carbocycles. The van der Waals surface area contributed by atoms with Crippen molar-refractivity contribution in [2.24, 2.45) is 4.99 Å². The molecule has 0 amide bonds. The molecule has 0 aromatic heterocycles. The molecule has 1 aliphatic rings. The zero-order valence-corrected chi connectivity index (χ0v) is 15.9. The molecule has 1 heterocycles. The van der Waals surface area contributed by atoms with E-state index in [1.165, 1.54) is 63.7 Å². The number of nitrogens with one attached hydrogen (secondary N) is 2. The smallest absolute Gasteiger partial charge is 0.191 e. The van der Waals surface area contributed by atoms with Crippen molar-refractivity contribution in [1.29, 1.82) is 0 Å². The summed E-state index contributed by atoms with van der Waals surface area (Å²) in [5, 5.41) is 6.76. The Morgan fingerprint density at radius 1 is 1.12 bits per heavy atom. The van der Waals surface area contributed by atoms with Crippen molar-refractivity contribution in [3.63, 3.8) is 0 Å². The van der Waals surface area contributed by atoms with Crippen LogP contribution in [0.4, 0.5) is 0 Å². The van der Waals surface area contributed by atoms with Gasteiger partial charge in [-0.25, -0.2) is 0 Å². The van der Waals surface area contributed by atoms with E-state index in [-0.39, 0.29) is 0 Å². The van der Waals surface area contributed by atoms with Crippen LogP contribution in [0.25, 0.3) is 0 Å². The van der Waals surface area contributed by atoms with Gasteiger partial charge in [-0.1, -0.05) is 25.0 Å². The lowest BCUT2D eigenvalue weighted by Gasteiger charge is -2.26. The quantitative estimate of drug-likeness (QED) is 0.410. The second kappa shape index (κ2) is 11.7. The van der Waals surface area contributed by atoms with Crippen molar-refractivity contribution >= 4 is 5.96 Å². The Morgan fingerprint density at radius 2 is 1.96 bits per heavy atom. The molecule has 0 atom stereocenters. The van der Waals surface area contributed by atoms with Crippen LogP contribution in [0.3, 0.4) is 0 Å². The molecule has 5 heteroatoms. The number of benzene rings is 1. The number of nitrogens with zero attached hydrogens (tertiary/aromatic N) is 2. The van der Waals surface area contributed by atoms with E-state index in [9.17, 15) is 0 Å². The van der Waals surface area contributed by atoms with E-state index in [1.807, 2.05) is 25.2 Å². The largest absolute Gasteiger partial charge is 0.497 e. The highest BCUT2D eigenvalue weighted by Gasteiger charge is 2.08. The molecule has 5 nitrogen and oxygen atoms in total. The van der Waals surface area contributed by atoms with Crippen LogP contribution < -0.4 is 15.4 Å². The summed E-state index contributed by atoms with van der Waals surface area (Å²) in [6, 6.07) is 8.10. The van der Waals surface area contributed by atoms with E-state index < -0.39 is 0 Å². The lowest BCUT2D eigenvalue weighted by Crippen LogP contribution is -2.37. The molecule has 25 heavy (non-hydrogen) atoms. The molecule has 2 rings (SSSR count). The van der Waals surface area contributed by atoms with Gasteiger partial charge < -0.3 is 20.3 Å². The van der Waals surface area contributed by atoms with E-state index in [2.05, 4.69) is 26.6 Å². The van der Waals surface area contributed by atoms with Crippen LogP contribution in [0.1, 0.15) is 44.1 Å². The highest BCUT2D eigenvalue weighted by atomic mass is 16.5. The molecule has 1 fully saturated rings. The van der Waals surface area contributed by atoms with E-state index in [4.69, 9.17) is 4.74 Å². The lowest BCUT2D eigenvalue weighted by molar-refractivity contribution is 0.224. The van der Waals surface area contributed by atoms with Crippen LogP contribution in [0, 0.1) is 0 Å². The zero-order valence-electron chi connectivity index (χ0n) is 15.9. The number of guanidine groups is 1. The summed E-state index contributed by atoms with van der Waals surface area (Å²) in [7, 11) is 3.51. The monoisotopic (exact) mass is 346 g/mol. The van der Waals surface area contributed by atoms with Crippen LogP contribution in [0.15, 0.2) is 29.3 Å². The Hall–Kier alpha value is -1.75. The SMILES string of the molecule is CN=C(NCCCCCN1CCCCC1)NCc1cccc(OC)c1. The molecule has 0 unspecified atom stereocenters. The topological polar surface area (TPSA) is 48.9 Å². The fourth-order valence-electron chi connectivity index (χ4n) is 3.22. The highest BCUT2D eigenvalue weighted by Crippen LogP contribution is 2.12. The minimum atomic E-state index is 0.742. The molecule has 1 aromatic rings. The zero-order chi connectivity index (χ0) is 17.7. The average Bonchev–Trinajstić information content (AvgIpc) is 2.67. The van der Waals surface area contributed by atoms with Gasteiger partial charge in [-0.05, 0) is 63.0 Å². The van der Waals surface area contributed by atoms with E-state index >= 15 is 0 Å². The van der Waals surface area contributed by atoms with Gasteiger partial charge in [-0.2, -0.15) is 0 Å². The van der Waals surface area contributed by atoms with Gasteiger partial charge in [0.2, 0.25) is 0 Å². The first-order valence-electron chi connectivity index (χ1n) is 9.61. The maximum atomic E-state index is 5.26. The summed E-state index contributed by atoms with van der Waals surface area (Å²) in [4.78, 5) is 6.91. The van der Waals surface area contributed by atoms with E-state index in [1.54, 1.807) is 7.11 Å². The number of unbranched alkanes of at least 4 members (excludes halogenated alkanes) is 2. The molecule has 1 saturated heterocycles. The van der Waals surface area contributed by atoms with Crippen LogP contribution in [-0.4, -0.2) is 51.2 Å². The molecule has 0 aliphatic carbocycles. The predicted molar refractivity (Wildman–Crippen MR) is 105 cm³/mol. The van der Waals surface area contributed by atoms with Gasteiger partial charge in [0, 0.05) is 20.1 Å². The van der Waals surface area contributed by atoms with Crippen molar-refractivity contribution in [2.75, 3.05) is 40.3 Å². The molecule has 140 valence electrons. The average molecular weight is 347 g/mol. The third-order valence-corrected chi connectivity index (χ3v) is 4.71. The summed E-state index contributed by atoms with van der Waals surface area (Å²) in [6.45, 7) is 5.59. The fraction of sp³-hybridized carbons (Fsp3) is 0.650.